The third kappa shape index (κ3) is 3.72. The molecule has 2 N–H and O–H groups in total. The minimum atomic E-state index is -0.225. The normalized spacial score (nSPS) is 12.1. The Morgan fingerprint density at radius 2 is 2.17 bits per heavy atom. The average Bonchev–Trinajstić information content (AvgIpc) is 3.24. The van der Waals surface area contributed by atoms with Crippen molar-refractivity contribution in [2.24, 2.45) is 0 Å². The van der Waals surface area contributed by atoms with Gasteiger partial charge in [0, 0.05) is 28.4 Å². The number of benzene rings is 1. The third-order valence-corrected chi connectivity index (χ3v) is 4.34. The lowest BCUT2D eigenvalue weighted by Crippen LogP contribution is -2.28. The van der Waals surface area contributed by atoms with Crippen LogP contribution in [-0.4, -0.2) is 38.1 Å². The molecule has 23 heavy (non-hydrogen) atoms. The fourth-order valence-electron chi connectivity index (χ4n) is 1.91. The number of nitrogens with zero attached hydrogens (tertiary/aromatic N) is 4. The highest BCUT2D eigenvalue weighted by molar-refractivity contribution is 7.13. The van der Waals surface area contributed by atoms with E-state index in [4.69, 9.17) is 11.6 Å². The molecule has 0 saturated carbocycles. The van der Waals surface area contributed by atoms with Crippen molar-refractivity contribution in [3.63, 3.8) is 0 Å². The maximum atomic E-state index is 12.2. The number of aromatic nitrogens is 5. The largest absolute Gasteiger partial charge is 0.350 e. The maximum Gasteiger partial charge on any atom is 0.270 e. The number of rotatable bonds is 5. The molecule has 1 amide bonds. The van der Waals surface area contributed by atoms with Crippen LogP contribution < -0.4 is 5.32 Å². The van der Waals surface area contributed by atoms with Gasteiger partial charge in [-0.3, -0.25) is 4.79 Å². The number of halogens is 1. The first kappa shape index (κ1) is 15.6. The van der Waals surface area contributed by atoms with Gasteiger partial charge in [-0.2, -0.15) is 5.21 Å². The monoisotopic (exact) mass is 348 g/mol. The van der Waals surface area contributed by atoms with Crippen molar-refractivity contribution in [3.8, 4) is 10.6 Å². The SMILES string of the molecule is C[C@@H](CNC(=O)c1csc(-c2ccc(Cl)cc2)n1)c1nn[nH]n1. The quantitative estimate of drug-likeness (QED) is 0.738. The van der Waals surface area contributed by atoms with Crippen molar-refractivity contribution in [3.05, 3.63) is 46.2 Å². The van der Waals surface area contributed by atoms with E-state index >= 15 is 0 Å². The number of hydrogen-bond acceptors (Lipinski definition) is 6. The number of aromatic amines is 1. The molecule has 0 radical (unpaired) electrons. The van der Waals surface area contributed by atoms with Gasteiger partial charge in [-0.1, -0.05) is 35.9 Å². The Balaban J connectivity index is 1.63. The second-order valence-corrected chi connectivity index (χ2v) is 6.22. The van der Waals surface area contributed by atoms with E-state index in [1.54, 1.807) is 17.5 Å². The fourth-order valence-corrected chi connectivity index (χ4v) is 2.84. The lowest BCUT2D eigenvalue weighted by atomic mass is 10.1. The van der Waals surface area contributed by atoms with Crippen LogP contribution in [0, 0.1) is 0 Å². The molecule has 0 aliphatic carbocycles. The smallest absolute Gasteiger partial charge is 0.270 e. The highest BCUT2D eigenvalue weighted by Crippen LogP contribution is 2.25. The van der Waals surface area contributed by atoms with Crippen molar-refractivity contribution < 1.29 is 4.79 Å². The minimum Gasteiger partial charge on any atom is -0.350 e. The molecule has 3 aromatic rings. The summed E-state index contributed by atoms with van der Waals surface area (Å²) in [7, 11) is 0. The molecule has 0 fully saturated rings. The molecule has 7 nitrogen and oxygen atoms in total. The summed E-state index contributed by atoms with van der Waals surface area (Å²) in [6.07, 6.45) is 0. The van der Waals surface area contributed by atoms with Crippen LogP contribution in [0.2, 0.25) is 5.02 Å². The molecule has 3 rings (SSSR count). The van der Waals surface area contributed by atoms with E-state index in [9.17, 15) is 4.79 Å². The summed E-state index contributed by atoms with van der Waals surface area (Å²) in [5.41, 5.74) is 1.32. The van der Waals surface area contributed by atoms with Gasteiger partial charge in [0.25, 0.3) is 5.91 Å². The van der Waals surface area contributed by atoms with E-state index in [2.05, 4.69) is 30.9 Å². The van der Waals surface area contributed by atoms with Crippen molar-refractivity contribution in [1.29, 1.82) is 0 Å². The molecule has 0 aliphatic rings. The van der Waals surface area contributed by atoms with Crippen molar-refractivity contribution >= 4 is 28.8 Å². The first-order valence-corrected chi connectivity index (χ1v) is 8.12. The summed E-state index contributed by atoms with van der Waals surface area (Å²) in [5, 5.41) is 19.7. The van der Waals surface area contributed by atoms with E-state index < -0.39 is 0 Å². The molecule has 0 bridgehead atoms. The van der Waals surface area contributed by atoms with Crippen molar-refractivity contribution in [2.75, 3.05) is 6.54 Å². The Bertz CT molecular complexity index is 786. The molecule has 0 unspecified atom stereocenters. The van der Waals surface area contributed by atoms with Crippen LogP contribution in [0.3, 0.4) is 0 Å². The zero-order valence-electron chi connectivity index (χ0n) is 12.2. The average molecular weight is 349 g/mol. The Morgan fingerprint density at radius 1 is 1.39 bits per heavy atom. The van der Waals surface area contributed by atoms with Gasteiger partial charge in [-0.15, -0.1) is 21.5 Å². The van der Waals surface area contributed by atoms with Crippen LogP contribution in [0.5, 0.6) is 0 Å². The van der Waals surface area contributed by atoms with Crippen LogP contribution in [0.25, 0.3) is 10.6 Å². The van der Waals surface area contributed by atoms with Gasteiger partial charge in [-0.25, -0.2) is 4.98 Å². The van der Waals surface area contributed by atoms with Crippen LogP contribution in [0.1, 0.15) is 29.2 Å². The highest BCUT2D eigenvalue weighted by atomic mass is 35.5. The number of nitrogens with one attached hydrogen (secondary N) is 2. The minimum absolute atomic E-state index is 0.0351. The number of amides is 1. The molecule has 118 valence electrons. The molecular weight excluding hydrogens is 336 g/mol. The third-order valence-electron chi connectivity index (χ3n) is 3.20. The summed E-state index contributed by atoms with van der Waals surface area (Å²) in [4.78, 5) is 16.5. The lowest BCUT2D eigenvalue weighted by molar-refractivity contribution is 0.0947. The van der Waals surface area contributed by atoms with Gasteiger partial charge in [0.2, 0.25) is 0 Å². The van der Waals surface area contributed by atoms with E-state index in [-0.39, 0.29) is 11.8 Å². The van der Waals surface area contributed by atoms with E-state index in [1.165, 1.54) is 11.3 Å². The Kier molecular flexibility index (Phi) is 4.63. The predicted octanol–water partition coefficient (Wildman–Crippen LogP) is 2.51. The van der Waals surface area contributed by atoms with Crippen LogP contribution in [0.15, 0.2) is 29.6 Å². The van der Waals surface area contributed by atoms with Gasteiger partial charge in [-0.05, 0) is 12.1 Å². The second kappa shape index (κ2) is 6.84. The second-order valence-electron chi connectivity index (χ2n) is 4.93. The van der Waals surface area contributed by atoms with Gasteiger partial charge < -0.3 is 5.32 Å². The van der Waals surface area contributed by atoms with E-state index in [1.807, 2.05) is 19.1 Å². The summed E-state index contributed by atoms with van der Waals surface area (Å²) < 4.78 is 0. The summed E-state index contributed by atoms with van der Waals surface area (Å²) in [5.74, 6) is 0.300. The Hall–Kier alpha value is -2.32. The van der Waals surface area contributed by atoms with E-state index in [0.717, 1.165) is 10.6 Å². The Morgan fingerprint density at radius 3 is 2.87 bits per heavy atom. The summed E-state index contributed by atoms with van der Waals surface area (Å²) >= 11 is 7.28. The van der Waals surface area contributed by atoms with Gasteiger partial charge >= 0.3 is 0 Å². The molecule has 2 aromatic heterocycles. The van der Waals surface area contributed by atoms with Crippen LogP contribution in [0.4, 0.5) is 0 Å². The number of carbonyl (C=O) groups excluding carboxylic acids is 1. The maximum absolute atomic E-state index is 12.2. The number of tetrazole rings is 1. The molecule has 0 aliphatic heterocycles. The molecule has 1 atom stereocenters. The molecular formula is C14H13ClN6OS. The van der Waals surface area contributed by atoms with Crippen molar-refractivity contribution in [1.82, 2.24) is 30.9 Å². The molecule has 0 saturated heterocycles. The highest BCUT2D eigenvalue weighted by Gasteiger charge is 2.15. The predicted molar refractivity (Wildman–Crippen MR) is 87.5 cm³/mol. The number of hydrogen-bond donors (Lipinski definition) is 2. The van der Waals surface area contributed by atoms with E-state index in [0.29, 0.717) is 23.1 Å². The fraction of sp³-hybridized carbons (Fsp3) is 0.214. The Labute approximate surface area is 141 Å². The lowest BCUT2D eigenvalue weighted by Gasteiger charge is -2.07. The molecule has 2 heterocycles. The first-order chi connectivity index (χ1) is 11.1. The zero-order chi connectivity index (χ0) is 16.2. The topological polar surface area (TPSA) is 96.5 Å². The van der Waals surface area contributed by atoms with Crippen molar-refractivity contribution in [2.45, 2.75) is 12.8 Å². The number of H-pyrrole nitrogens is 1. The number of thiazole rings is 1. The number of carbonyl (C=O) groups is 1. The molecule has 0 spiro atoms. The standard InChI is InChI=1S/C14H13ClN6OS/c1-8(12-18-20-21-19-12)6-16-13(22)11-7-23-14(17-11)9-2-4-10(15)5-3-9/h2-5,7-8H,6H2,1H3,(H,16,22)(H,18,19,20,21)/t8-/m0/s1. The van der Waals surface area contributed by atoms with Gasteiger partial charge in [0.05, 0.1) is 0 Å². The summed E-state index contributed by atoms with van der Waals surface area (Å²) in [6.45, 7) is 2.32. The first-order valence-electron chi connectivity index (χ1n) is 6.86. The zero-order valence-corrected chi connectivity index (χ0v) is 13.7. The van der Waals surface area contributed by atoms with Crippen LogP contribution in [-0.2, 0) is 0 Å². The molecule has 9 heteroatoms. The summed E-state index contributed by atoms with van der Waals surface area (Å²) in [6, 6.07) is 7.34. The van der Waals surface area contributed by atoms with Gasteiger partial charge in [0.1, 0.15) is 10.7 Å². The van der Waals surface area contributed by atoms with Crippen LogP contribution >= 0.6 is 22.9 Å². The van der Waals surface area contributed by atoms with Gasteiger partial charge in [0.15, 0.2) is 5.82 Å². The molecule has 1 aromatic carbocycles.